The molecule has 2 N–H and O–H groups in total. The molecule has 30 heavy (non-hydrogen) atoms. The molecule has 0 radical (unpaired) electrons. The first-order chi connectivity index (χ1) is 14.5. The Morgan fingerprint density at radius 3 is 2.43 bits per heavy atom. The second kappa shape index (κ2) is 10.1. The molecule has 158 valence electrons. The standard InChI is InChI=1S/C21H27N7OS/c1-5-8-17-20(30-27-26-17)21(29)25-16-11-9-15(10-12-16)24-18-13-19(23-14(4)22-18)28(6-2)7-3/h9-13H,5-8H2,1-4H3,(H,25,29)(H,22,23,24). The fraction of sp³-hybridized carbons (Fsp3) is 0.381. The average molecular weight is 426 g/mol. The lowest BCUT2D eigenvalue weighted by Crippen LogP contribution is -2.23. The summed E-state index contributed by atoms with van der Waals surface area (Å²) >= 11 is 1.13. The number of carbonyl (C=O) groups excluding carboxylic acids is 1. The zero-order chi connectivity index (χ0) is 21.5. The molecule has 9 heteroatoms. The van der Waals surface area contributed by atoms with Crippen LogP contribution in [-0.2, 0) is 6.42 Å². The molecule has 0 unspecified atom stereocenters. The summed E-state index contributed by atoms with van der Waals surface area (Å²) < 4.78 is 3.91. The molecule has 1 amide bonds. The van der Waals surface area contributed by atoms with Gasteiger partial charge >= 0.3 is 0 Å². The number of hydrogen-bond donors (Lipinski definition) is 2. The van der Waals surface area contributed by atoms with E-state index in [1.807, 2.05) is 37.3 Å². The Bertz CT molecular complexity index is 983. The number of nitrogens with one attached hydrogen (secondary N) is 2. The van der Waals surface area contributed by atoms with E-state index in [1.54, 1.807) is 0 Å². The summed E-state index contributed by atoms with van der Waals surface area (Å²) in [4.78, 5) is 24.3. The van der Waals surface area contributed by atoms with E-state index in [0.717, 1.165) is 60.5 Å². The summed E-state index contributed by atoms with van der Waals surface area (Å²) in [6, 6.07) is 9.47. The van der Waals surface area contributed by atoms with Gasteiger partial charge in [0.1, 0.15) is 22.3 Å². The number of amides is 1. The van der Waals surface area contributed by atoms with Crippen molar-refractivity contribution in [3.8, 4) is 0 Å². The molecule has 0 saturated carbocycles. The molecule has 0 atom stereocenters. The molecule has 0 aliphatic carbocycles. The number of hydrogen-bond acceptors (Lipinski definition) is 8. The topological polar surface area (TPSA) is 95.9 Å². The monoisotopic (exact) mass is 425 g/mol. The van der Waals surface area contributed by atoms with Crippen molar-refractivity contribution in [2.75, 3.05) is 28.6 Å². The fourth-order valence-corrected chi connectivity index (χ4v) is 3.68. The van der Waals surface area contributed by atoms with Gasteiger partial charge in [0.05, 0.1) is 5.69 Å². The fourth-order valence-electron chi connectivity index (χ4n) is 3.08. The summed E-state index contributed by atoms with van der Waals surface area (Å²) in [5.41, 5.74) is 2.34. The summed E-state index contributed by atoms with van der Waals surface area (Å²) in [6.07, 6.45) is 1.67. The highest BCUT2D eigenvalue weighted by molar-refractivity contribution is 7.08. The minimum absolute atomic E-state index is 0.176. The van der Waals surface area contributed by atoms with E-state index < -0.39 is 0 Å². The number of anilines is 4. The van der Waals surface area contributed by atoms with Crippen LogP contribution >= 0.6 is 11.5 Å². The van der Waals surface area contributed by atoms with E-state index in [9.17, 15) is 4.79 Å². The van der Waals surface area contributed by atoms with Gasteiger partial charge in [0.25, 0.3) is 5.91 Å². The second-order valence-electron chi connectivity index (χ2n) is 6.79. The van der Waals surface area contributed by atoms with Crippen molar-refractivity contribution in [1.82, 2.24) is 19.6 Å². The first kappa shape index (κ1) is 21.6. The van der Waals surface area contributed by atoms with Gasteiger partial charge in [-0.15, -0.1) is 5.10 Å². The molecule has 0 spiro atoms. The van der Waals surface area contributed by atoms with Gasteiger partial charge in [-0.05, 0) is 63.0 Å². The van der Waals surface area contributed by atoms with E-state index in [-0.39, 0.29) is 5.91 Å². The second-order valence-corrected chi connectivity index (χ2v) is 7.54. The smallest absolute Gasteiger partial charge is 0.269 e. The van der Waals surface area contributed by atoms with E-state index in [1.165, 1.54) is 0 Å². The molecule has 2 aromatic heterocycles. The van der Waals surface area contributed by atoms with Crippen LogP contribution in [0.3, 0.4) is 0 Å². The summed E-state index contributed by atoms with van der Waals surface area (Å²) in [5.74, 6) is 2.18. The largest absolute Gasteiger partial charge is 0.357 e. The maximum absolute atomic E-state index is 12.5. The SMILES string of the molecule is CCCc1nnsc1C(=O)Nc1ccc(Nc2cc(N(CC)CC)nc(C)n2)cc1. The third-order valence-electron chi connectivity index (χ3n) is 4.58. The highest BCUT2D eigenvalue weighted by Gasteiger charge is 2.16. The molecule has 1 aromatic carbocycles. The number of rotatable bonds is 9. The van der Waals surface area contributed by atoms with Crippen LogP contribution in [0.5, 0.6) is 0 Å². The van der Waals surface area contributed by atoms with Crippen molar-refractivity contribution < 1.29 is 4.79 Å². The van der Waals surface area contributed by atoms with Gasteiger partial charge in [0, 0.05) is 30.5 Å². The maximum atomic E-state index is 12.5. The molecule has 0 fully saturated rings. The van der Waals surface area contributed by atoms with Gasteiger partial charge in [0.2, 0.25) is 0 Å². The van der Waals surface area contributed by atoms with Crippen molar-refractivity contribution in [2.45, 2.75) is 40.5 Å². The van der Waals surface area contributed by atoms with Crippen LogP contribution in [0.15, 0.2) is 30.3 Å². The Kier molecular flexibility index (Phi) is 7.29. The molecule has 0 aliphatic heterocycles. The number of nitrogens with zero attached hydrogens (tertiary/aromatic N) is 5. The summed E-state index contributed by atoms with van der Waals surface area (Å²) in [5, 5.41) is 10.3. The Balaban J connectivity index is 1.69. The quantitative estimate of drug-likeness (QED) is 0.523. The van der Waals surface area contributed by atoms with Crippen LogP contribution in [0.25, 0.3) is 0 Å². The third-order valence-corrected chi connectivity index (χ3v) is 5.34. The van der Waals surface area contributed by atoms with Crippen molar-refractivity contribution in [3.05, 3.63) is 46.7 Å². The molecular formula is C21H27N7OS. The highest BCUT2D eigenvalue weighted by atomic mass is 32.1. The van der Waals surface area contributed by atoms with Crippen molar-refractivity contribution >= 4 is 40.5 Å². The highest BCUT2D eigenvalue weighted by Crippen LogP contribution is 2.22. The molecule has 0 saturated heterocycles. The van der Waals surface area contributed by atoms with Crippen LogP contribution in [0.4, 0.5) is 23.0 Å². The van der Waals surface area contributed by atoms with E-state index in [0.29, 0.717) is 16.4 Å². The van der Waals surface area contributed by atoms with Gasteiger partial charge in [-0.1, -0.05) is 17.8 Å². The molecule has 3 aromatic rings. The number of carbonyl (C=O) groups is 1. The van der Waals surface area contributed by atoms with Crippen LogP contribution in [0, 0.1) is 6.92 Å². The zero-order valence-corrected chi connectivity index (χ0v) is 18.6. The molecule has 2 heterocycles. The normalized spacial score (nSPS) is 10.7. The van der Waals surface area contributed by atoms with Crippen molar-refractivity contribution in [1.29, 1.82) is 0 Å². The van der Waals surface area contributed by atoms with E-state index >= 15 is 0 Å². The van der Waals surface area contributed by atoms with Crippen LogP contribution in [0.2, 0.25) is 0 Å². The molecule has 8 nitrogen and oxygen atoms in total. The molecular weight excluding hydrogens is 398 g/mol. The number of aromatic nitrogens is 4. The molecule has 0 aliphatic rings. The van der Waals surface area contributed by atoms with Gasteiger partial charge in [-0.3, -0.25) is 4.79 Å². The minimum atomic E-state index is -0.176. The molecule has 0 bridgehead atoms. The predicted molar refractivity (Wildman–Crippen MR) is 122 cm³/mol. The van der Waals surface area contributed by atoms with E-state index in [4.69, 9.17) is 0 Å². The van der Waals surface area contributed by atoms with Gasteiger partial charge < -0.3 is 15.5 Å². The van der Waals surface area contributed by atoms with Crippen LogP contribution < -0.4 is 15.5 Å². The first-order valence-electron chi connectivity index (χ1n) is 10.1. The summed E-state index contributed by atoms with van der Waals surface area (Å²) in [7, 11) is 0. The van der Waals surface area contributed by atoms with Crippen molar-refractivity contribution in [3.63, 3.8) is 0 Å². The third kappa shape index (κ3) is 5.29. The van der Waals surface area contributed by atoms with Crippen LogP contribution in [0.1, 0.15) is 48.4 Å². The lowest BCUT2D eigenvalue weighted by molar-refractivity contribution is 0.102. The van der Waals surface area contributed by atoms with Gasteiger partial charge in [0.15, 0.2) is 0 Å². The zero-order valence-electron chi connectivity index (χ0n) is 17.8. The Labute approximate surface area is 180 Å². The Morgan fingerprint density at radius 2 is 1.77 bits per heavy atom. The van der Waals surface area contributed by atoms with Crippen LogP contribution in [-0.4, -0.2) is 38.6 Å². The Hall–Kier alpha value is -3.07. The predicted octanol–water partition coefficient (Wildman–Crippen LogP) is 4.43. The van der Waals surface area contributed by atoms with E-state index in [2.05, 4.69) is 55.9 Å². The maximum Gasteiger partial charge on any atom is 0.269 e. The number of aryl methyl sites for hydroxylation is 2. The first-order valence-corrected chi connectivity index (χ1v) is 10.9. The van der Waals surface area contributed by atoms with Gasteiger partial charge in [-0.2, -0.15) is 0 Å². The van der Waals surface area contributed by atoms with Gasteiger partial charge in [-0.25, -0.2) is 9.97 Å². The Morgan fingerprint density at radius 1 is 1.07 bits per heavy atom. The minimum Gasteiger partial charge on any atom is -0.357 e. The average Bonchev–Trinajstić information content (AvgIpc) is 3.19. The van der Waals surface area contributed by atoms with Crippen molar-refractivity contribution in [2.24, 2.45) is 0 Å². The number of benzene rings is 1. The summed E-state index contributed by atoms with van der Waals surface area (Å²) in [6.45, 7) is 9.92. The molecule has 3 rings (SSSR count). The lowest BCUT2D eigenvalue weighted by atomic mass is 10.2. The lowest BCUT2D eigenvalue weighted by Gasteiger charge is -2.20.